The number of hydrogen-bond donors (Lipinski definition) is 2. The zero-order valence-electron chi connectivity index (χ0n) is 13.7. The number of benzene rings is 1. The van der Waals surface area contributed by atoms with Crippen molar-refractivity contribution in [3.63, 3.8) is 0 Å². The summed E-state index contributed by atoms with van der Waals surface area (Å²) in [6, 6.07) is 8.40. The number of carbonyl (C=O) groups is 1. The number of hydrogen-bond acceptors (Lipinski definition) is 5. The molecular weight excluding hydrogens is 310 g/mol. The van der Waals surface area contributed by atoms with Gasteiger partial charge in [0, 0.05) is 0 Å². The quantitative estimate of drug-likeness (QED) is 0.599. The Hall–Kier alpha value is -2.02. The van der Waals surface area contributed by atoms with Crippen LogP contribution in [-0.4, -0.2) is 26.5 Å². The van der Waals surface area contributed by atoms with Crippen molar-refractivity contribution in [1.82, 2.24) is 20.2 Å². The number of aromatic nitrogens is 3. The molecule has 1 amide bonds. The smallest absolute Gasteiger partial charge is 0.230 e. The molecule has 0 saturated carbocycles. The number of nitrogen functional groups attached to an aromatic ring is 1. The van der Waals surface area contributed by atoms with E-state index in [1.54, 1.807) is 0 Å². The Morgan fingerprint density at radius 3 is 2.57 bits per heavy atom. The highest BCUT2D eigenvalue weighted by molar-refractivity contribution is 7.99. The van der Waals surface area contributed by atoms with Gasteiger partial charge in [-0.2, -0.15) is 0 Å². The maximum Gasteiger partial charge on any atom is 0.230 e. The molecule has 0 bridgehead atoms. The van der Waals surface area contributed by atoms with Gasteiger partial charge in [-0.25, -0.2) is 4.68 Å². The summed E-state index contributed by atoms with van der Waals surface area (Å²) >= 11 is 1.27. The fourth-order valence-corrected chi connectivity index (χ4v) is 2.92. The number of nitrogens with one attached hydrogen (secondary N) is 1. The summed E-state index contributed by atoms with van der Waals surface area (Å²) in [4.78, 5) is 12.2. The first-order chi connectivity index (χ1) is 11.0. The number of thioether (sulfide) groups is 1. The second kappa shape index (κ2) is 8.01. The lowest BCUT2D eigenvalue weighted by Gasteiger charge is -2.23. The Labute approximate surface area is 140 Å². The first-order valence-corrected chi connectivity index (χ1v) is 8.66. The highest BCUT2D eigenvalue weighted by Crippen LogP contribution is 2.23. The van der Waals surface area contributed by atoms with E-state index in [2.05, 4.69) is 60.6 Å². The van der Waals surface area contributed by atoms with Gasteiger partial charge in [-0.3, -0.25) is 4.79 Å². The molecule has 0 unspecified atom stereocenters. The summed E-state index contributed by atoms with van der Waals surface area (Å²) in [5.41, 5.74) is 2.41. The number of rotatable bonds is 7. The van der Waals surface area contributed by atoms with Crippen molar-refractivity contribution >= 4 is 17.7 Å². The monoisotopic (exact) mass is 333 g/mol. The number of nitrogens with zero attached hydrogens (tertiary/aromatic N) is 3. The van der Waals surface area contributed by atoms with E-state index in [-0.39, 0.29) is 17.7 Å². The van der Waals surface area contributed by atoms with E-state index in [0.717, 1.165) is 12.0 Å². The Morgan fingerprint density at radius 1 is 1.35 bits per heavy atom. The molecule has 0 fully saturated rings. The summed E-state index contributed by atoms with van der Waals surface area (Å²) in [5.74, 6) is 6.15. The van der Waals surface area contributed by atoms with Crippen molar-refractivity contribution in [2.75, 3.05) is 11.6 Å². The number of carbonyl (C=O) groups excluding carboxylic acids is 1. The first kappa shape index (κ1) is 17.3. The van der Waals surface area contributed by atoms with Gasteiger partial charge in [0.15, 0.2) is 0 Å². The highest BCUT2D eigenvalue weighted by atomic mass is 32.2. The Bertz CT molecular complexity index is 638. The fraction of sp³-hybridized carbons (Fsp3) is 0.438. The first-order valence-electron chi connectivity index (χ1n) is 7.67. The van der Waals surface area contributed by atoms with Gasteiger partial charge in [0.1, 0.15) is 6.33 Å². The lowest BCUT2D eigenvalue weighted by molar-refractivity contribution is -0.119. The zero-order chi connectivity index (χ0) is 16.8. The van der Waals surface area contributed by atoms with Crippen molar-refractivity contribution in [2.45, 2.75) is 38.4 Å². The number of nitrogens with two attached hydrogens (primary N) is 1. The van der Waals surface area contributed by atoms with E-state index in [1.165, 1.54) is 28.3 Å². The molecule has 0 saturated heterocycles. The van der Waals surface area contributed by atoms with Crippen LogP contribution in [0.3, 0.4) is 0 Å². The van der Waals surface area contributed by atoms with Gasteiger partial charge in [-0.05, 0) is 23.5 Å². The third-order valence-corrected chi connectivity index (χ3v) is 4.56. The van der Waals surface area contributed by atoms with Gasteiger partial charge in [0.2, 0.25) is 11.1 Å². The van der Waals surface area contributed by atoms with Crippen molar-refractivity contribution in [3.8, 4) is 0 Å². The predicted molar refractivity (Wildman–Crippen MR) is 92.4 cm³/mol. The van der Waals surface area contributed by atoms with E-state index in [1.807, 2.05) is 0 Å². The molecule has 3 N–H and O–H groups in total. The molecule has 23 heavy (non-hydrogen) atoms. The summed E-state index contributed by atoms with van der Waals surface area (Å²) < 4.78 is 1.31. The van der Waals surface area contributed by atoms with Crippen LogP contribution in [0.25, 0.3) is 0 Å². The summed E-state index contributed by atoms with van der Waals surface area (Å²) in [6.45, 7) is 6.33. The number of amides is 1. The molecule has 0 spiro atoms. The maximum atomic E-state index is 12.2. The summed E-state index contributed by atoms with van der Waals surface area (Å²) in [6.07, 6.45) is 2.42. The molecule has 2 aromatic rings. The standard InChI is InChI=1S/C16H23N5OS/c1-4-12-5-7-13(8-6-12)15(11(2)3)19-14(22)9-23-16-20-18-10-21(16)17/h5-8,10-11,15H,4,9,17H2,1-3H3,(H,19,22)/t15-/m1/s1. The van der Waals surface area contributed by atoms with E-state index < -0.39 is 0 Å². The Morgan fingerprint density at radius 2 is 2.04 bits per heavy atom. The molecule has 0 aliphatic rings. The van der Waals surface area contributed by atoms with Crippen molar-refractivity contribution < 1.29 is 4.79 Å². The molecule has 0 aliphatic heterocycles. The van der Waals surface area contributed by atoms with Crippen LogP contribution in [0, 0.1) is 5.92 Å². The summed E-state index contributed by atoms with van der Waals surface area (Å²) in [7, 11) is 0. The Balaban J connectivity index is 1.98. The minimum Gasteiger partial charge on any atom is -0.348 e. The molecule has 1 heterocycles. The fourth-order valence-electron chi connectivity index (χ4n) is 2.28. The van der Waals surface area contributed by atoms with Gasteiger partial charge in [-0.15, -0.1) is 10.2 Å². The maximum absolute atomic E-state index is 12.2. The lowest BCUT2D eigenvalue weighted by Crippen LogP contribution is -2.33. The molecule has 7 heteroatoms. The average molecular weight is 333 g/mol. The van der Waals surface area contributed by atoms with Gasteiger partial charge in [0.25, 0.3) is 0 Å². The van der Waals surface area contributed by atoms with Gasteiger partial charge >= 0.3 is 0 Å². The zero-order valence-corrected chi connectivity index (χ0v) is 14.5. The molecular formula is C16H23N5OS. The van der Waals surface area contributed by atoms with E-state index in [4.69, 9.17) is 5.84 Å². The minimum absolute atomic E-state index is 0.00949. The molecule has 124 valence electrons. The molecule has 0 aliphatic carbocycles. The molecule has 6 nitrogen and oxygen atoms in total. The largest absolute Gasteiger partial charge is 0.348 e. The van der Waals surface area contributed by atoms with Crippen LogP contribution in [0.2, 0.25) is 0 Å². The molecule has 2 rings (SSSR count). The lowest BCUT2D eigenvalue weighted by atomic mass is 9.95. The normalized spacial score (nSPS) is 12.3. The van der Waals surface area contributed by atoms with E-state index >= 15 is 0 Å². The van der Waals surface area contributed by atoms with Gasteiger partial charge in [-0.1, -0.05) is 56.8 Å². The van der Waals surface area contributed by atoms with Gasteiger partial charge < -0.3 is 11.2 Å². The third kappa shape index (κ3) is 4.72. The predicted octanol–water partition coefficient (Wildman–Crippen LogP) is 2.16. The van der Waals surface area contributed by atoms with Crippen LogP contribution in [0.5, 0.6) is 0 Å². The van der Waals surface area contributed by atoms with Crippen LogP contribution in [0.1, 0.15) is 37.9 Å². The average Bonchev–Trinajstić information content (AvgIpc) is 2.95. The van der Waals surface area contributed by atoms with Crippen molar-refractivity contribution in [2.24, 2.45) is 5.92 Å². The SMILES string of the molecule is CCc1ccc([C@H](NC(=O)CSc2nncn2N)C(C)C)cc1. The van der Waals surface area contributed by atoms with Crippen LogP contribution < -0.4 is 11.2 Å². The van der Waals surface area contributed by atoms with Crippen LogP contribution in [0.15, 0.2) is 35.7 Å². The van der Waals surface area contributed by atoms with Crippen LogP contribution >= 0.6 is 11.8 Å². The van der Waals surface area contributed by atoms with E-state index in [9.17, 15) is 4.79 Å². The third-order valence-electron chi connectivity index (χ3n) is 3.60. The van der Waals surface area contributed by atoms with Crippen LogP contribution in [-0.2, 0) is 11.2 Å². The van der Waals surface area contributed by atoms with Crippen molar-refractivity contribution in [3.05, 3.63) is 41.7 Å². The Kier molecular flexibility index (Phi) is 6.04. The molecule has 0 radical (unpaired) electrons. The van der Waals surface area contributed by atoms with Gasteiger partial charge in [0.05, 0.1) is 11.8 Å². The molecule has 1 atom stereocenters. The minimum atomic E-state index is -0.0451. The summed E-state index contributed by atoms with van der Waals surface area (Å²) in [5, 5.41) is 11.2. The second-order valence-electron chi connectivity index (χ2n) is 5.69. The molecule has 1 aromatic carbocycles. The number of aryl methyl sites for hydroxylation is 1. The molecule has 1 aromatic heterocycles. The van der Waals surface area contributed by atoms with Crippen molar-refractivity contribution in [1.29, 1.82) is 0 Å². The highest BCUT2D eigenvalue weighted by Gasteiger charge is 2.18. The topological polar surface area (TPSA) is 85.8 Å². The van der Waals surface area contributed by atoms with E-state index in [0.29, 0.717) is 11.1 Å². The second-order valence-corrected chi connectivity index (χ2v) is 6.64. The van der Waals surface area contributed by atoms with Crippen LogP contribution in [0.4, 0.5) is 0 Å².